The summed E-state index contributed by atoms with van der Waals surface area (Å²) in [5.41, 5.74) is 9.94. The number of phenolic OH excluding ortho intramolecular Hbond substituents is 1. The van der Waals surface area contributed by atoms with Crippen LogP contribution >= 0.6 is 0 Å². The van der Waals surface area contributed by atoms with E-state index >= 15 is 0 Å². The zero-order valence-electron chi connectivity index (χ0n) is 10.7. The van der Waals surface area contributed by atoms with Gasteiger partial charge in [-0.3, -0.25) is 0 Å². The van der Waals surface area contributed by atoms with E-state index in [0.717, 1.165) is 17.5 Å². The van der Waals surface area contributed by atoms with Crippen LogP contribution in [0.4, 0.5) is 5.69 Å². The minimum Gasteiger partial charge on any atom is -0.508 e. The van der Waals surface area contributed by atoms with E-state index in [1.165, 1.54) is 18.4 Å². The SMILES string of the molecule is CCCCc1ccc(-c2ccc(O)cc2N)cc1. The normalized spacial score (nSPS) is 10.5. The Labute approximate surface area is 108 Å². The van der Waals surface area contributed by atoms with Crippen LogP contribution in [0, 0.1) is 0 Å². The predicted molar refractivity (Wildman–Crippen MR) is 76.6 cm³/mol. The number of nitrogens with two attached hydrogens (primary N) is 1. The van der Waals surface area contributed by atoms with Gasteiger partial charge in [0.1, 0.15) is 5.75 Å². The van der Waals surface area contributed by atoms with Crippen molar-refractivity contribution in [2.45, 2.75) is 26.2 Å². The summed E-state index contributed by atoms with van der Waals surface area (Å²) in [7, 11) is 0. The van der Waals surface area contributed by atoms with Gasteiger partial charge in [0.05, 0.1) is 0 Å². The van der Waals surface area contributed by atoms with Gasteiger partial charge in [-0.05, 0) is 36.1 Å². The lowest BCUT2D eigenvalue weighted by molar-refractivity contribution is 0.476. The highest BCUT2D eigenvalue weighted by Gasteiger charge is 2.03. The molecule has 0 heterocycles. The Bertz CT molecular complexity index is 517. The van der Waals surface area contributed by atoms with Gasteiger partial charge in [-0.2, -0.15) is 0 Å². The standard InChI is InChI=1S/C16H19NO/c1-2-3-4-12-5-7-13(8-6-12)15-10-9-14(18)11-16(15)17/h5-11,18H,2-4,17H2,1H3. The third-order valence-electron chi connectivity index (χ3n) is 3.12. The molecular weight excluding hydrogens is 222 g/mol. The Morgan fingerprint density at radius 3 is 2.39 bits per heavy atom. The van der Waals surface area contributed by atoms with Crippen LogP contribution in [-0.2, 0) is 6.42 Å². The van der Waals surface area contributed by atoms with E-state index in [4.69, 9.17) is 5.73 Å². The third-order valence-corrected chi connectivity index (χ3v) is 3.12. The molecule has 3 N–H and O–H groups in total. The molecule has 0 unspecified atom stereocenters. The average Bonchev–Trinajstić information content (AvgIpc) is 2.37. The largest absolute Gasteiger partial charge is 0.508 e. The first-order valence-electron chi connectivity index (χ1n) is 6.38. The molecule has 0 spiro atoms. The summed E-state index contributed by atoms with van der Waals surface area (Å²) in [5, 5.41) is 9.35. The van der Waals surface area contributed by atoms with Crippen LogP contribution in [0.3, 0.4) is 0 Å². The predicted octanol–water partition coefficient (Wildman–Crippen LogP) is 3.98. The number of anilines is 1. The maximum absolute atomic E-state index is 9.35. The molecule has 2 aromatic carbocycles. The molecule has 0 aliphatic rings. The fourth-order valence-corrected chi connectivity index (χ4v) is 2.04. The molecule has 0 saturated carbocycles. The van der Waals surface area contributed by atoms with Gasteiger partial charge in [0, 0.05) is 17.3 Å². The van der Waals surface area contributed by atoms with Crippen LogP contribution < -0.4 is 5.73 Å². The van der Waals surface area contributed by atoms with Gasteiger partial charge in [-0.25, -0.2) is 0 Å². The number of hydrogen-bond acceptors (Lipinski definition) is 2. The minimum absolute atomic E-state index is 0.204. The second-order valence-corrected chi connectivity index (χ2v) is 4.57. The molecule has 0 aliphatic carbocycles. The van der Waals surface area contributed by atoms with Crippen molar-refractivity contribution in [2.24, 2.45) is 0 Å². The number of rotatable bonds is 4. The van der Waals surface area contributed by atoms with Gasteiger partial charge in [0.2, 0.25) is 0 Å². The molecular formula is C16H19NO. The zero-order valence-corrected chi connectivity index (χ0v) is 10.7. The summed E-state index contributed by atoms with van der Waals surface area (Å²) in [6.45, 7) is 2.20. The Morgan fingerprint density at radius 2 is 1.78 bits per heavy atom. The van der Waals surface area contributed by atoms with Crippen LogP contribution in [0.2, 0.25) is 0 Å². The zero-order chi connectivity index (χ0) is 13.0. The quantitative estimate of drug-likeness (QED) is 0.795. The molecule has 94 valence electrons. The van der Waals surface area contributed by atoms with Gasteiger partial charge >= 0.3 is 0 Å². The van der Waals surface area contributed by atoms with E-state index in [1.54, 1.807) is 12.1 Å². The summed E-state index contributed by atoms with van der Waals surface area (Å²) in [6, 6.07) is 13.6. The van der Waals surface area contributed by atoms with Gasteiger partial charge in [-0.1, -0.05) is 37.6 Å². The lowest BCUT2D eigenvalue weighted by Crippen LogP contribution is -1.90. The second kappa shape index (κ2) is 5.58. The molecule has 0 saturated heterocycles. The molecule has 0 bridgehead atoms. The summed E-state index contributed by atoms with van der Waals surface area (Å²) >= 11 is 0. The molecule has 0 atom stereocenters. The van der Waals surface area contributed by atoms with E-state index in [2.05, 4.69) is 31.2 Å². The second-order valence-electron chi connectivity index (χ2n) is 4.57. The van der Waals surface area contributed by atoms with Crippen molar-refractivity contribution in [1.82, 2.24) is 0 Å². The highest BCUT2D eigenvalue weighted by molar-refractivity contribution is 5.77. The Hall–Kier alpha value is -1.96. The summed E-state index contributed by atoms with van der Waals surface area (Å²) in [4.78, 5) is 0. The van der Waals surface area contributed by atoms with E-state index in [1.807, 2.05) is 6.07 Å². The van der Waals surface area contributed by atoms with Gasteiger partial charge in [0.15, 0.2) is 0 Å². The third kappa shape index (κ3) is 2.83. The maximum atomic E-state index is 9.35. The van der Waals surface area contributed by atoms with Crippen LogP contribution in [-0.4, -0.2) is 5.11 Å². The van der Waals surface area contributed by atoms with Gasteiger partial charge < -0.3 is 10.8 Å². The first-order chi connectivity index (χ1) is 8.70. The lowest BCUT2D eigenvalue weighted by atomic mass is 10.0. The van der Waals surface area contributed by atoms with Crippen LogP contribution in [0.15, 0.2) is 42.5 Å². The van der Waals surface area contributed by atoms with Gasteiger partial charge in [-0.15, -0.1) is 0 Å². The van der Waals surface area contributed by atoms with Crippen molar-refractivity contribution in [3.63, 3.8) is 0 Å². The molecule has 2 rings (SSSR count). The van der Waals surface area contributed by atoms with E-state index < -0.39 is 0 Å². The molecule has 2 nitrogen and oxygen atoms in total. The molecule has 0 amide bonds. The number of hydrogen-bond donors (Lipinski definition) is 2. The first kappa shape index (κ1) is 12.5. The Balaban J connectivity index is 2.23. The number of aryl methyl sites for hydroxylation is 1. The smallest absolute Gasteiger partial charge is 0.117 e. The first-order valence-corrected chi connectivity index (χ1v) is 6.38. The van der Waals surface area contributed by atoms with Crippen molar-refractivity contribution in [1.29, 1.82) is 0 Å². The molecule has 0 fully saturated rings. The van der Waals surface area contributed by atoms with Crippen molar-refractivity contribution in [3.8, 4) is 16.9 Å². The highest BCUT2D eigenvalue weighted by Crippen LogP contribution is 2.29. The van der Waals surface area contributed by atoms with Crippen LogP contribution in [0.25, 0.3) is 11.1 Å². The van der Waals surface area contributed by atoms with Crippen LogP contribution in [0.5, 0.6) is 5.75 Å². The fraction of sp³-hybridized carbons (Fsp3) is 0.250. The highest BCUT2D eigenvalue weighted by atomic mass is 16.3. The number of nitrogen functional groups attached to an aromatic ring is 1. The molecule has 0 aromatic heterocycles. The summed E-state index contributed by atoms with van der Waals surface area (Å²) in [5.74, 6) is 0.204. The molecule has 2 heteroatoms. The fourth-order valence-electron chi connectivity index (χ4n) is 2.04. The van der Waals surface area contributed by atoms with E-state index in [9.17, 15) is 5.11 Å². The molecule has 0 radical (unpaired) electrons. The lowest BCUT2D eigenvalue weighted by Gasteiger charge is -2.07. The number of unbranched alkanes of at least 4 members (excludes halogenated alkanes) is 1. The molecule has 18 heavy (non-hydrogen) atoms. The average molecular weight is 241 g/mol. The number of aromatic hydroxyl groups is 1. The van der Waals surface area contributed by atoms with Crippen molar-refractivity contribution < 1.29 is 5.11 Å². The monoisotopic (exact) mass is 241 g/mol. The van der Waals surface area contributed by atoms with Crippen molar-refractivity contribution >= 4 is 5.69 Å². The van der Waals surface area contributed by atoms with Crippen molar-refractivity contribution in [3.05, 3.63) is 48.0 Å². The summed E-state index contributed by atoms with van der Waals surface area (Å²) < 4.78 is 0. The maximum Gasteiger partial charge on any atom is 0.117 e. The number of phenols is 1. The Morgan fingerprint density at radius 1 is 1.06 bits per heavy atom. The minimum atomic E-state index is 0.204. The van der Waals surface area contributed by atoms with Gasteiger partial charge in [0.25, 0.3) is 0 Å². The van der Waals surface area contributed by atoms with E-state index in [0.29, 0.717) is 5.69 Å². The van der Waals surface area contributed by atoms with Crippen molar-refractivity contribution in [2.75, 3.05) is 5.73 Å². The van der Waals surface area contributed by atoms with Crippen LogP contribution in [0.1, 0.15) is 25.3 Å². The molecule has 2 aromatic rings. The molecule has 0 aliphatic heterocycles. The summed E-state index contributed by atoms with van der Waals surface area (Å²) in [6.07, 6.45) is 3.56. The Kier molecular flexibility index (Phi) is 3.88. The topological polar surface area (TPSA) is 46.2 Å². The van der Waals surface area contributed by atoms with E-state index in [-0.39, 0.29) is 5.75 Å². The number of benzene rings is 2.